The third kappa shape index (κ3) is 5.29. The van der Waals surface area contributed by atoms with E-state index in [2.05, 4.69) is 6.58 Å². The molecule has 1 N–H and O–H groups in total. The Labute approximate surface area is 206 Å². The second-order valence-corrected chi connectivity index (χ2v) is 8.92. The van der Waals surface area contributed by atoms with E-state index >= 15 is 0 Å². The minimum absolute atomic E-state index is 0.218. The highest BCUT2D eigenvalue weighted by Crippen LogP contribution is 2.44. The monoisotopic (exact) mass is 486 g/mol. The third-order valence-corrected chi connectivity index (χ3v) is 6.71. The maximum atomic E-state index is 10.5. The van der Waals surface area contributed by atoms with E-state index in [9.17, 15) is 5.11 Å². The van der Waals surface area contributed by atoms with Crippen molar-refractivity contribution in [3.63, 3.8) is 0 Å². The van der Waals surface area contributed by atoms with E-state index in [1.54, 1.807) is 13.8 Å². The predicted octanol–water partition coefficient (Wildman–Crippen LogP) is 4.27. The van der Waals surface area contributed by atoms with E-state index in [0.29, 0.717) is 6.61 Å². The van der Waals surface area contributed by atoms with Crippen LogP contribution in [0.4, 0.5) is 0 Å². The van der Waals surface area contributed by atoms with Crippen LogP contribution in [0.3, 0.4) is 0 Å². The van der Waals surface area contributed by atoms with Crippen LogP contribution in [0.5, 0.6) is 0 Å². The lowest BCUT2D eigenvalue weighted by Crippen LogP contribution is -2.69. The maximum Gasteiger partial charge on any atom is 0.221 e. The summed E-state index contributed by atoms with van der Waals surface area (Å²) in [6, 6.07) is 19.4. The van der Waals surface area contributed by atoms with E-state index in [1.807, 2.05) is 60.7 Å². The minimum atomic E-state index is -1.32. The van der Waals surface area contributed by atoms with Crippen LogP contribution in [0.25, 0.3) is 0 Å². The first-order chi connectivity index (χ1) is 16.8. The van der Waals surface area contributed by atoms with Gasteiger partial charge in [0.1, 0.15) is 30.2 Å². The number of ether oxygens (including phenoxy) is 7. The first-order valence-electron chi connectivity index (χ1n) is 11.6. The minimum Gasteiger partial charge on any atom is -0.510 e. The summed E-state index contributed by atoms with van der Waals surface area (Å²) in [5.41, 5.74) is 1.86. The molecule has 0 aromatic heterocycles. The normalized spacial score (nSPS) is 35.5. The van der Waals surface area contributed by atoms with Crippen LogP contribution in [-0.2, 0) is 39.8 Å². The van der Waals surface area contributed by atoms with E-state index in [4.69, 9.17) is 33.2 Å². The maximum absolute atomic E-state index is 10.5. The van der Waals surface area contributed by atoms with Crippen molar-refractivity contribution in [2.24, 2.45) is 0 Å². The highest BCUT2D eigenvalue weighted by atomic mass is 16.8. The lowest BCUT2D eigenvalue weighted by molar-refractivity contribution is -0.459. The average Bonchev–Trinajstić information content (AvgIpc) is 2.89. The number of benzene rings is 2. The summed E-state index contributed by atoms with van der Waals surface area (Å²) >= 11 is 0. The zero-order chi connectivity index (χ0) is 25.1. The molecule has 2 heterocycles. The van der Waals surface area contributed by atoms with Crippen LogP contribution in [-0.4, -0.2) is 61.9 Å². The molecule has 2 aliphatic heterocycles. The van der Waals surface area contributed by atoms with Gasteiger partial charge in [0.15, 0.2) is 6.29 Å². The molecule has 3 unspecified atom stereocenters. The van der Waals surface area contributed by atoms with Gasteiger partial charge in [-0.15, -0.1) is 0 Å². The van der Waals surface area contributed by atoms with Gasteiger partial charge in [0.2, 0.25) is 11.6 Å². The van der Waals surface area contributed by atoms with Crippen molar-refractivity contribution in [2.45, 2.75) is 62.7 Å². The van der Waals surface area contributed by atoms with Gasteiger partial charge >= 0.3 is 0 Å². The van der Waals surface area contributed by atoms with Gasteiger partial charge in [0.05, 0.1) is 13.2 Å². The number of aliphatic hydroxyl groups excluding tert-OH is 1. The molecule has 0 aliphatic carbocycles. The summed E-state index contributed by atoms with van der Waals surface area (Å²) in [6.07, 6.45) is -3.68. The molecular formula is C27H34O8. The number of hydrogen-bond donors (Lipinski definition) is 1. The fraction of sp³-hybridized carbons (Fsp3) is 0.481. The molecule has 35 heavy (non-hydrogen) atoms. The average molecular weight is 487 g/mol. The second kappa shape index (κ2) is 10.8. The molecule has 2 fully saturated rings. The summed E-state index contributed by atoms with van der Waals surface area (Å²) in [6.45, 7) is 7.71. The van der Waals surface area contributed by atoms with Crippen LogP contribution >= 0.6 is 0 Å². The molecule has 0 amide bonds. The van der Waals surface area contributed by atoms with Crippen molar-refractivity contribution in [3.05, 3.63) is 84.1 Å². The van der Waals surface area contributed by atoms with Crippen molar-refractivity contribution in [2.75, 3.05) is 20.8 Å². The summed E-state index contributed by atoms with van der Waals surface area (Å²) in [5.74, 6) is -2.85. The summed E-state index contributed by atoms with van der Waals surface area (Å²) < 4.78 is 42.7. The van der Waals surface area contributed by atoms with Crippen molar-refractivity contribution in [1.29, 1.82) is 0 Å². The molecule has 0 radical (unpaired) electrons. The SMILES string of the molecule is C=C(O)[C@@H]1OC(C)(OC)C(C)(OC)O[C@H]1[C@@H]1OC(c2ccccc2)OC[C@H]1OCc1ccccc1. The van der Waals surface area contributed by atoms with Gasteiger partial charge in [0, 0.05) is 19.8 Å². The molecule has 190 valence electrons. The van der Waals surface area contributed by atoms with Crippen LogP contribution in [0.1, 0.15) is 31.3 Å². The summed E-state index contributed by atoms with van der Waals surface area (Å²) in [5, 5.41) is 10.5. The summed E-state index contributed by atoms with van der Waals surface area (Å²) in [7, 11) is 2.99. The van der Waals surface area contributed by atoms with Gasteiger partial charge < -0.3 is 38.3 Å². The highest BCUT2D eigenvalue weighted by molar-refractivity contribution is 5.17. The van der Waals surface area contributed by atoms with Crippen molar-refractivity contribution < 1.29 is 38.3 Å². The molecule has 0 saturated carbocycles. The van der Waals surface area contributed by atoms with Crippen LogP contribution in [0.15, 0.2) is 73.0 Å². The molecule has 2 saturated heterocycles. The Morgan fingerprint density at radius 3 is 2.14 bits per heavy atom. The Kier molecular flexibility index (Phi) is 7.92. The Morgan fingerprint density at radius 1 is 0.943 bits per heavy atom. The van der Waals surface area contributed by atoms with Crippen LogP contribution < -0.4 is 0 Å². The molecule has 2 aromatic carbocycles. The van der Waals surface area contributed by atoms with E-state index < -0.39 is 42.3 Å². The van der Waals surface area contributed by atoms with E-state index in [-0.39, 0.29) is 12.4 Å². The van der Waals surface area contributed by atoms with Gasteiger partial charge in [0.25, 0.3) is 0 Å². The number of hydrogen-bond acceptors (Lipinski definition) is 8. The fourth-order valence-corrected chi connectivity index (χ4v) is 4.35. The topological polar surface area (TPSA) is 84.8 Å². The lowest BCUT2D eigenvalue weighted by Gasteiger charge is -2.54. The predicted molar refractivity (Wildman–Crippen MR) is 127 cm³/mol. The van der Waals surface area contributed by atoms with Crippen molar-refractivity contribution in [1.82, 2.24) is 0 Å². The molecule has 0 spiro atoms. The molecule has 2 aliphatic rings. The van der Waals surface area contributed by atoms with E-state index in [0.717, 1.165) is 11.1 Å². The van der Waals surface area contributed by atoms with Gasteiger partial charge in [-0.3, -0.25) is 0 Å². The number of aliphatic hydroxyl groups is 1. The molecule has 7 atom stereocenters. The number of rotatable bonds is 8. The molecule has 8 heteroatoms. The smallest absolute Gasteiger partial charge is 0.221 e. The third-order valence-electron chi connectivity index (χ3n) is 6.71. The Hall–Kier alpha value is -2.30. The Bertz CT molecular complexity index is 970. The number of methoxy groups -OCH3 is 2. The highest BCUT2D eigenvalue weighted by Gasteiger charge is 2.60. The first kappa shape index (κ1) is 25.8. The van der Waals surface area contributed by atoms with Gasteiger partial charge in [-0.1, -0.05) is 67.2 Å². The van der Waals surface area contributed by atoms with Crippen LogP contribution in [0, 0.1) is 0 Å². The quantitative estimate of drug-likeness (QED) is 0.554. The molecule has 2 aromatic rings. The largest absolute Gasteiger partial charge is 0.510 e. The van der Waals surface area contributed by atoms with Gasteiger partial charge in [-0.2, -0.15) is 0 Å². The Morgan fingerprint density at radius 2 is 1.54 bits per heavy atom. The van der Waals surface area contributed by atoms with Crippen molar-refractivity contribution in [3.8, 4) is 0 Å². The second-order valence-electron chi connectivity index (χ2n) is 8.92. The van der Waals surface area contributed by atoms with Gasteiger partial charge in [-0.25, -0.2) is 0 Å². The fourth-order valence-electron chi connectivity index (χ4n) is 4.35. The zero-order valence-electron chi connectivity index (χ0n) is 20.6. The molecule has 8 nitrogen and oxygen atoms in total. The van der Waals surface area contributed by atoms with Crippen molar-refractivity contribution >= 4 is 0 Å². The Balaban J connectivity index is 1.65. The van der Waals surface area contributed by atoms with Gasteiger partial charge in [-0.05, 0) is 19.4 Å². The standard InChI is InChI=1S/C27H34O8/c1-18(28)22-24(35-27(3,30-5)26(2,29-4)34-22)23-21(31-16-19-12-8-6-9-13-19)17-32-25(33-23)20-14-10-7-11-15-20/h6-15,21-25,28H,1,16-17H2,2-5H3/t21-,22+,23-,24-,25?,26?,27?/m1/s1. The zero-order valence-corrected chi connectivity index (χ0v) is 20.6. The van der Waals surface area contributed by atoms with E-state index in [1.165, 1.54) is 14.2 Å². The summed E-state index contributed by atoms with van der Waals surface area (Å²) in [4.78, 5) is 0. The van der Waals surface area contributed by atoms with Crippen LogP contribution in [0.2, 0.25) is 0 Å². The molecular weight excluding hydrogens is 452 g/mol. The lowest BCUT2D eigenvalue weighted by atomic mass is 9.95. The first-order valence-corrected chi connectivity index (χ1v) is 11.6. The molecule has 0 bridgehead atoms. The molecule has 4 rings (SSSR count).